The van der Waals surface area contributed by atoms with Crippen LogP contribution in [0.1, 0.15) is 35.3 Å². The number of carbonyl (C=O) groups excluding carboxylic acids is 1. The zero-order valence-corrected chi connectivity index (χ0v) is 17.6. The molecular formula is C25H28N2O3. The minimum atomic E-state index is 0.0442. The van der Waals surface area contributed by atoms with Crippen LogP contribution in [0.15, 0.2) is 54.7 Å². The molecule has 0 radical (unpaired) electrons. The molecule has 0 atom stereocenters. The average molecular weight is 405 g/mol. The molecule has 0 aliphatic carbocycles. The smallest absolute Gasteiger partial charge is 0.273 e. The number of nitrogens with zero attached hydrogens (tertiary/aromatic N) is 2. The Morgan fingerprint density at radius 2 is 1.73 bits per heavy atom. The molecule has 5 nitrogen and oxygen atoms in total. The number of aromatic nitrogens is 1. The van der Waals surface area contributed by atoms with E-state index < -0.39 is 0 Å². The molecule has 5 heteroatoms. The summed E-state index contributed by atoms with van der Waals surface area (Å²) in [4.78, 5) is 19.4. The maximum atomic E-state index is 13.1. The molecule has 2 aromatic carbocycles. The van der Waals surface area contributed by atoms with Crippen molar-refractivity contribution < 1.29 is 14.3 Å². The molecule has 156 valence electrons. The first kappa shape index (κ1) is 20.2. The van der Waals surface area contributed by atoms with Gasteiger partial charge in [-0.15, -0.1) is 0 Å². The Kier molecular flexibility index (Phi) is 6.17. The normalized spacial score (nSPS) is 14.7. The van der Waals surface area contributed by atoms with Crippen molar-refractivity contribution >= 4 is 16.7 Å². The van der Waals surface area contributed by atoms with Crippen LogP contribution >= 0.6 is 0 Å². The van der Waals surface area contributed by atoms with Gasteiger partial charge >= 0.3 is 0 Å². The van der Waals surface area contributed by atoms with Crippen molar-refractivity contribution in [3.8, 4) is 11.5 Å². The predicted octanol–water partition coefficient (Wildman–Crippen LogP) is 4.74. The van der Waals surface area contributed by atoms with Gasteiger partial charge in [-0.1, -0.05) is 24.3 Å². The summed E-state index contributed by atoms with van der Waals surface area (Å²) >= 11 is 0. The van der Waals surface area contributed by atoms with Gasteiger partial charge in [-0.3, -0.25) is 9.78 Å². The molecule has 30 heavy (non-hydrogen) atoms. The van der Waals surface area contributed by atoms with Gasteiger partial charge in [-0.2, -0.15) is 0 Å². The molecule has 0 unspecified atom stereocenters. The monoisotopic (exact) mass is 404 g/mol. The molecule has 4 rings (SSSR count). The summed E-state index contributed by atoms with van der Waals surface area (Å²) in [6, 6.07) is 15.9. The minimum Gasteiger partial charge on any atom is -0.497 e. The third-order valence-electron chi connectivity index (χ3n) is 6.03. The molecule has 1 aliphatic rings. The van der Waals surface area contributed by atoms with Gasteiger partial charge in [0.25, 0.3) is 5.91 Å². The Hall–Kier alpha value is -3.08. The predicted molar refractivity (Wildman–Crippen MR) is 118 cm³/mol. The summed E-state index contributed by atoms with van der Waals surface area (Å²) in [5.41, 5.74) is 1.79. The Labute approximate surface area is 177 Å². The van der Waals surface area contributed by atoms with E-state index in [1.807, 2.05) is 41.3 Å². The van der Waals surface area contributed by atoms with Gasteiger partial charge in [-0.05, 0) is 60.7 Å². The molecule has 1 fully saturated rings. The van der Waals surface area contributed by atoms with Crippen LogP contribution in [0.4, 0.5) is 0 Å². The lowest BCUT2D eigenvalue weighted by Gasteiger charge is -2.32. The highest BCUT2D eigenvalue weighted by Crippen LogP contribution is 2.28. The number of amides is 1. The zero-order chi connectivity index (χ0) is 20.9. The molecule has 1 amide bonds. The van der Waals surface area contributed by atoms with Crippen LogP contribution in [-0.2, 0) is 6.42 Å². The van der Waals surface area contributed by atoms with Crippen molar-refractivity contribution in [1.29, 1.82) is 0 Å². The number of likely N-dealkylation sites (tertiary alicyclic amines) is 1. The topological polar surface area (TPSA) is 51.7 Å². The van der Waals surface area contributed by atoms with E-state index in [4.69, 9.17) is 9.47 Å². The minimum absolute atomic E-state index is 0.0442. The SMILES string of the molecule is COc1cc(CCC2CCN(C(=O)c3nccc4ccccc34)CC2)cc(OC)c1. The van der Waals surface area contributed by atoms with Gasteiger partial charge in [-0.25, -0.2) is 0 Å². The molecular weight excluding hydrogens is 376 g/mol. The maximum Gasteiger partial charge on any atom is 0.273 e. The van der Waals surface area contributed by atoms with E-state index >= 15 is 0 Å². The highest BCUT2D eigenvalue weighted by Gasteiger charge is 2.25. The number of rotatable bonds is 6. The number of benzene rings is 2. The lowest BCUT2D eigenvalue weighted by atomic mass is 9.90. The molecule has 1 aromatic heterocycles. The second-order valence-electron chi connectivity index (χ2n) is 7.88. The molecule has 1 aliphatic heterocycles. The average Bonchev–Trinajstić information content (AvgIpc) is 2.82. The second kappa shape index (κ2) is 9.16. The molecule has 0 N–H and O–H groups in total. The van der Waals surface area contributed by atoms with Crippen LogP contribution < -0.4 is 9.47 Å². The Morgan fingerprint density at radius 1 is 1.03 bits per heavy atom. The Balaban J connectivity index is 1.35. The third-order valence-corrected chi connectivity index (χ3v) is 6.03. The fourth-order valence-corrected chi connectivity index (χ4v) is 4.25. The van der Waals surface area contributed by atoms with E-state index in [0.717, 1.165) is 61.0 Å². The summed E-state index contributed by atoms with van der Waals surface area (Å²) < 4.78 is 10.7. The van der Waals surface area contributed by atoms with Gasteiger partial charge in [0.2, 0.25) is 0 Å². The van der Waals surface area contributed by atoms with Crippen molar-refractivity contribution in [3.05, 3.63) is 66.0 Å². The summed E-state index contributed by atoms with van der Waals surface area (Å²) in [6.45, 7) is 1.58. The van der Waals surface area contributed by atoms with Crippen LogP contribution in [-0.4, -0.2) is 43.1 Å². The van der Waals surface area contributed by atoms with Gasteiger partial charge in [0.05, 0.1) is 14.2 Å². The van der Waals surface area contributed by atoms with Crippen LogP contribution in [0, 0.1) is 5.92 Å². The lowest BCUT2D eigenvalue weighted by molar-refractivity contribution is 0.0683. The van der Waals surface area contributed by atoms with Crippen molar-refractivity contribution in [1.82, 2.24) is 9.88 Å². The van der Waals surface area contributed by atoms with Crippen molar-refractivity contribution in [3.63, 3.8) is 0 Å². The first-order valence-corrected chi connectivity index (χ1v) is 10.5. The van der Waals surface area contributed by atoms with E-state index in [1.165, 1.54) is 5.56 Å². The van der Waals surface area contributed by atoms with E-state index in [9.17, 15) is 4.79 Å². The largest absolute Gasteiger partial charge is 0.497 e. The lowest BCUT2D eigenvalue weighted by Crippen LogP contribution is -2.39. The van der Waals surface area contributed by atoms with E-state index in [2.05, 4.69) is 17.1 Å². The number of pyridine rings is 1. The summed E-state index contributed by atoms with van der Waals surface area (Å²) in [5.74, 6) is 2.31. The van der Waals surface area contributed by atoms with E-state index in [-0.39, 0.29) is 5.91 Å². The number of hydrogen-bond donors (Lipinski definition) is 0. The molecule has 2 heterocycles. The molecule has 1 saturated heterocycles. The van der Waals surface area contributed by atoms with Crippen LogP contribution in [0.2, 0.25) is 0 Å². The fourth-order valence-electron chi connectivity index (χ4n) is 4.25. The van der Waals surface area contributed by atoms with Gasteiger partial charge in [0.1, 0.15) is 17.2 Å². The summed E-state index contributed by atoms with van der Waals surface area (Å²) in [5, 5.41) is 1.98. The molecule has 0 spiro atoms. The maximum absolute atomic E-state index is 13.1. The van der Waals surface area contributed by atoms with Crippen LogP contribution in [0.5, 0.6) is 11.5 Å². The first-order valence-electron chi connectivity index (χ1n) is 10.5. The standard InChI is InChI=1S/C25H28N2O3/c1-29-21-15-19(16-22(17-21)30-2)8-7-18-10-13-27(14-11-18)25(28)24-23-6-4-3-5-20(23)9-12-26-24/h3-6,9,12,15-18H,7-8,10-11,13-14H2,1-2H3. The summed E-state index contributed by atoms with van der Waals surface area (Å²) in [7, 11) is 3.35. The van der Waals surface area contributed by atoms with Crippen molar-refractivity contribution in [2.75, 3.05) is 27.3 Å². The molecule has 0 bridgehead atoms. The first-order chi connectivity index (χ1) is 14.7. The highest BCUT2D eigenvalue weighted by molar-refractivity contribution is 6.05. The summed E-state index contributed by atoms with van der Waals surface area (Å²) in [6.07, 6.45) is 5.86. The van der Waals surface area contributed by atoms with Crippen molar-refractivity contribution in [2.45, 2.75) is 25.7 Å². The number of aryl methyl sites for hydroxylation is 1. The zero-order valence-electron chi connectivity index (χ0n) is 17.6. The van der Waals surface area contributed by atoms with E-state index in [0.29, 0.717) is 11.6 Å². The molecule has 0 saturated carbocycles. The number of fused-ring (bicyclic) bond motifs is 1. The number of hydrogen-bond acceptors (Lipinski definition) is 4. The Morgan fingerprint density at radius 3 is 2.43 bits per heavy atom. The van der Waals surface area contributed by atoms with Crippen LogP contribution in [0.3, 0.4) is 0 Å². The Bertz CT molecular complexity index is 998. The molecule has 3 aromatic rings. The van der Waals surface area contributed by atoms with E-state index in [1.54, 1.807) is 20.4 Å². The third kappa shape index (κ3) is 4.40. The van der Waals surface area contributed by atoms with Gasteiger partial charge in [0, 0.05) is 30.7 Å². The highest BCUT2D eigenvalue weighted by atomic mass is 16.5. The number of carbonyl (C=O) groups is 1. The fraction of sp³-hybridized carbons (Fsp3) is 0.360. The van der Waals surface area contributed by atoms with Crippen molar-refractivity contribution in [2.24, 2.45) is 5.92 Å². The quantitative estimate of drug-likeness (QED) is 0.596. The van der Waals surface area contributed by atoms with Gasteiger partial charge in [0.15, 0.2) is 0 Å². The van der Waals surface area contributed by atoms with Crippen LogP contribution in [0.25, 0.3) is 10.8 Å². The number of ether oxygens (including phenoxy) is 2. The second-order valence-corrected chi connectivity index (χ2v) is 7.88. The number of piperidine rings is 1. The number of methoxy groups -OCH3 is 2. The van der Waals surface area contributed by atoms with Gasteiger partial charge < -0.3 is 14.4 Å².